The zero-order valence-corrected chi connectivity index (χ0v) is 17.2. The predicted molar refractivity (Wildman–Crippen MR) is 106 cm³/mol. The normalized spacial score (nSPS) is 17.5. The van der Waals surface area contributed by atoms with E-state index in [1.54, 1.807) is 24.3 Å². The molecule has 0 saturated carbocycles. The van der Waals surface area contributed by atoms with Crippen molar-refractivity contribution in [2.45, 2.75) is 44.2 Å². The van der Waals surface area contributed by atoms with Gasteiger partial charge in [-0.2, -0.15) is 0 Å². The SMILES string of the molecule is Cc1cc(C(=O)COC(=O)c2ccccc2[S@@](C)=O)c(C)n1C[C@@H]1CCCO1. The molecule has 1 aromatic heterocycles. The lowest BCUT2D eigenvalue weighted by molar-refractivity contribution is 0.0471. The lowest BCUT2D eigenvalue weighted by atomic mass is 10.1. The van der Waals surface area contributed by atoms with E-state index in [1.807, 2.05) is 19.9 Å². The zero-order valence-electron chi connectivity index (χ0n) is 16.4. The second-order valence-electron chi connectivity index (χ2n) is 6.98. The lowest BCUT2D eigenvalue weighted by Crippen LogP contribution is -2.18. The fourth-order valence-electron chi connectivity index (χ4n) is 3.53. The Kier molecular flexibility index (Phi) is 6.46. The van der Waals surface area contributed by atoms with Crippen LogP contribution in [0.4, 0.5) is 0 Å². The molecule has 0 aliphatic carbocycles. The Morgan fingerprint density at radius 3 is 2.68 bits per heavy atom. The summed E-state index contributed by atoms with van der Waals surface area (Å²) in [5.41, 5.74) is 2.61. The first-order chi connectivity index (χ1) is 13.4. The Hall–Kier alpha value is -2.25. The summed E-state index contributed by atoms with van der Waals surface area (Å²) in [5.74, 6) is -0.901. The fourth-order valence-corrected chi connectivity index (χ4v) is 4.26. The van der Waals surface area contributed by atoms with E-state index in [9.17, 15) is 13.8 Å². The number of ether oxygens (including phenoxy) is 2. The molecule has 0 radical (unpaired) electrons. The van der Waals surface area contributed by atoms with Crippen molar-refractivity contribution in [2.75, 3.05) is 19.5 Å². The Bertz CT molecular complexity index is 912. The largest absolute Gasteiger partial charge is 0.454 e. The van der Waals surface area contributed by atoms with Crippen molar-refractivity contribution in [3.05, 3.63) is 52.8 Å². The number of aryl methyl sites for hydroxylation is 1. The average Bonchev–Trinajstić information content (AvgIpc) is 3.29. The van der Waals surface area contributed by atoms with Crippen molar-refractivity contribution in [1.82, 2.24) is 4.57 Å². The minimum atomic E-state index is -1.32. The molecule has 0 bridgehead atoms. The number of ketones is 1. The van der Waals surface area contributed by atoms with E-state index >= 15 is 0 Å². The van der Waals surface area contributed by atoms with Crippen LogP contribution in [0.5, 0.6) is 0 Å². The molecule has 28 heavy (non-hydrogen) atoms. The van der Waals surface area contributed by atoms with Gasteiger partial charge in [-0.15, -0.1) is 0 Å². The minimum Gasteiger partial charge on any atom is -0.454 e. The van der Waals surface area contributed by atoms with Gasteiger partial charge in [0, 0.05) is 36.4 Å². The molecule has 3 rings (SSSR count). The smallest absolute Gasteiger partial charge is 0.339 e. The number of nitrogens with zero attached hydrogens (tertiary/aromatic N) is 1. The number of aromatic nitrogens is 1. The molecular weight excluding hydrogens is 378 g/mol. The van der Waals surface area contributed by atoms with Crippen LogP contribution in [-0.2, 0) is 26.8 Å². The number of hydrogen-bond acceptors (Lipinski definition) is 5. The van der Waals surface area contributed by atoms with Gasteiger partial charge >= 0.3 is 5.97 Å². The second-order valence-corrected chi connectivity index (χ2v) is 8.33. The van der Waals surface area contributed by atoms with Gasteiger partial charge in [0.1, 0.15) is 0 Å². The maximum absolute atomic E-state index is 12.6. The van der Waals surface area contributed by atoms with Crippen molar-refractivity contribution in [3.8, 4) is 0 Å². The fraction of sp³-hybridized carbons (Fsp3) is 0.429. The van der Waals surface area contributed by atoms with Crippen LogP contribution >= 0.6 is 0 Å². The van der Waals surface area contributed by atoms with Gasteiger partial charge < -0.3 is 14.0 Å². The molecule has 1 aromatic carbocycles. The van der Waals surface area contributed by atoms with Crippen molar-refractivity contribution < 1.29 is 23.3 Å². The van der Waals surface area contributed by atoms with Crippen LogP contribution in [0.2, 0.25) is 0 Å². The van der Waals surface area contributed by atoms with E-state index in [2.05, 4.69) is 4.57 Å². The molecular formula is C21H25NO5S. The lowest BCUT2D eigenvalue weighted by Gasteiger charge is -2.14. The van der Waals surface area contributed by atoms with Crippen LogP contribution in [0.3, 0.4) is 0 Å². The van der Waals surface area contributed by atoms with E-state index in [0.717, 1.165) is 37.4 Å². The quantitative estimate of drug-likeness (QED) is 0.525. The number of benzene rings is 1. The molecule has 150 valence electrons. The number of carbonyl (C=O) groups is 2. The van der Waals surface area contributed by atoms with Gasteiger partial charge in [0.2, 0.25) is 5.78 Å². The van der Waals surface area contributed by atoms with E-state index in [4.69, 9.17) is 9.47 Å². The number of carbonyl (C=O) groups excluding carboxylic acids is 2. The molecule has 0 spiro atoms. The van der Waals surface area contributed by atoms with Gasteiger partial charge in [-0.05, 0) is 44.9 Å². The topological polar surface area (TPSA) is 74.6 Å². The first kappa shape index (κ1) is 20.5. The van der Waals surface area contributed by atoms with Gasteiger partial charge in [0.25, 0.3) is 0 Å². The Morgan fingerprint density at radius 1 is 1.25 bits per heavy atom. The summed E-state index contributed by atoms with van der Waals surface area (Å²) in [4.78, 5) is 25.4. The van der Waals surface area contributed by atoms with Gasteiger partial charge in [0.05, 0.1) is 27.4 Å². The highest BCUT2D eigenvalue weighted by molar-refractivity contribution is 7.84. The third kappa shape index (κ3) is 4.42. The van der Waals surface area contributed by atoms with Gasteiger partial charge in [-0.3, -0.25) is 9.00 Å². The summed E-state index contributed by atoms with van der Waals surface area (Å²) in [7, 11) is -1.32. The monoisotopic (exact) mass is 403 g/mol. The van der Waals surface area contributed by atoms with Gasteiger partial charge in [0.15, 0.2) is 6.61 Å². The summed E-state index contributed by atoms with van der Waals surface area (Å²) in [6.07, 6.45) is 3.77. The van der Waals surface area contributed by atoms with E-state index < -0.39 is 16.8 Å². The molecule has 2 heterocycles. The number of hydrogen-bond donors (Lipinski definition) is 0. The third-order valence-electron chi connectivity index (χ3n) is 5.04. The summed E-state index contributed by atoms with van der Waals surface area (Å²) < 4.78 is 24.8. The number of Topliss-reactive ketones (excluding diaryl/α,β-unsaturated/α-hetero) is 1. The molecule has 0 amide bonds. The molecule has 1 aliphatic rings. The average molecular weight is 404 g/mol. The first-order valence-corrected chi connectivity index (χ1v) is 10.9. The van der Waals surface area contributed by atoms with E-state index in [-0.39, 0.29) is 24.1 Å². The predicted octanol–water partition coefficient (Wildman–Crippen LogP) is 3.06. The summed E-state index contributed by atoms with van der Waals surface area (Å²) >= 11 is 0. The molecule has 1 aliphatic heterocycles. The van der Waals surface area contributed by atoms with Crippen LogP contribution in [0.15, 0.2) is 35.2 Å². The Balaban J connectivity index is 1.68. The zero-order chi connectivity index (χ0) is 20.3. The summed E-state index contributed by atoms with van der Waals surface area (Å²) in [5, 5.41) is 0. The van der Waals surface area contributed by atoms with Crippen LogP contribution in [0, 0.1) is 13.8 Å². The second kappa shape index (κ2) is 8.84. The maximum atomic E-state index is 12.6. The molecule has 1 saturated heterocycles. The molecule has 1 fully saturated rings. The van der Waals surface area contributed by atoms with Crippen molar-refractivity contribution in [1.29, 1.82) is 0 Å². The Morgan fingerprint density at radius 2 is 2.00 bits per heavy atom. The molecule has 0 unspecified atom stereocenters. The summed E-state index contributed by atoms with van der Waals surface area (Å²) in [6.45, 7) is 5.01. The highest BCUT2D eigenvalue weighted by atomic mass is 32.2. The summed E-state index contributed by atoms with van der Waals surface area (Å²) in [6, 6.07) is 8.38. The van der Waals surface area contributed by atoms with Crippen LogP contribution in [0.25, 0.3) is 0 Å². The van der Waals surface area contributed by atoms with Crippen molar-refractivity contribution in [2.24, 2.45) is 0 Å². The van der Waals surface area contributed by atoms with Crippen LogP contribution in [0.1, 0.15) is 44.9 Å². The van der Waals surface area contributed by atoms with Crippen molar-refractivity contribution in [3.63, 3.8) is 0 Å². The Labute approximate surface area is 167 Å². The highest BCUT2D eigenvalue weighted by Gasteiger charge is 2.22. The third-order valence-corrected chi connectivity index (χ3v) is 6.01. The number of rotatable bonds is 7. The molecule has 2 atom stereocenters. The van der Waals surface area contributed by atoms with Gasteiger partial charge in [-0.1, -0.05) is 12.1 Å². The van der Waals surface area contributed by atoms with Crippen LogP contribution in [-0.4, -0.2) is 46.1 Å². The minimum absolute atomic E-state index is 0.178. The highest BCUT2D eigenvalue weighted by Crippen LogP contribution is 2.21. The molecule has 2 aromatic rings. The first-order valence-electron chi connectivity index (χ1n) is 9.29. The maximum Gasteiger partial charge on any atom is 0.339 e. The molecule has 0 N–H and O–H groups in total. The van der Waals surface area contributed by atoms with E-state index in [0.29, 0.717) is 10.5 Å². The van der Waals surface area contributed by atoms with Crippen LogP contribution < -0.4 is 0 Å². The van der Waals surface area contributed by atoms with Gasteiger partial charge in [-0.25, -0.2) is 4.79 Å². The molecule has 6 nitrogen and oxygen atoms in total. The standard InChI is InChI=1S/C21H25NO5S/c1-14-11-18(15(2)22(14)12-16-7-6-10-26-16)19(23)13-27-21(24)17-8-4-5-9-20(17)28(3)25/h4-5,8-9,11,16H,6-7,10,12-13H2,1-3H3/t16-,28+/m0/s1. The van der Waals surface area contributed by atoms with Crippen molar-refractivity contribution >= 4 is 22.6 Å². The number of esters is 1. The molecule has 7 heteroatoms. The van der Waals surface area contributed by atoms with E-state index in [1.165, 1.54) is 6.26 Å².